The molecule has 0 bridgehead atoms. The first-order valence-electron chi connectivity index (χ1n) is 4.06. The average Bonchev–Trinajstić information content (AvgIpc) is 2.59. The van der Waals surface area contributed by atoms with Crippen molar-refractivity contribution in [2.75, 3.05) is 0 Å². The highest BCUT2D eigenvalue weighted by atomic mass is 16.6. The summed E-state index contributed by atoms with van der Waals surface area (Å²) in [5.74, 6) is 0. The maximum absolute atomic E-state index is 5.56. The highest BCUT2D eigenvalue weighted by molar-refractivity contribution is 5.16. The topological polar surface area (TPSA) is 12.5 Å². The Morgan fingerprint density at radius 2 is 2.50 bits per heavy atom. The molecule has 2 aliphatic rings. The highest BCUT2D eigenvalue weighted by Crippen LogP contribution is 2.48. The molecule has 1 nitrogen and oxygen atoms in total. The zero-order chi connectivity index (χ0) is 7.19. The largest absolute Gasteiger partial charge is 0.366 e. The van der Waals surface area contributed by atoms with E-state index >= 15 is 0 Å². The molecule has 1 heteroatoms. The van der Waals surface area contributed by atoms with Crippen LogP contribution in [0.2, 0.25) is 0 Å². The van der Waals surface area contributed by atoms with Crippen molar-refractivity contribution < 1.29 is 4.74 Å². The molecule has 56 valence electrons. The summed E-state index contributed by atoms with van der Waals surface area (Å²) in [6, 6.07) is 0. The molecule has 0 aromatic rings. The van der Waals surface area contributed by atoms with Crippen molar-refractivity contribution in [3.63, 3.8) is 0 Å². The third-order valence-electron chi connectivity index (χ3n) is 2.83. The summed E-state index contributed by atoms with van der Waals surface area (Å²) in [7, 11) is 0. The molecule has 1 aliphatic carbocycles. The predicted molar refractivity (Wildman–Crippen MR) is 40.9 cm³/mol. The van der Waals surface area contributed by atoms with Gasteiger partial charge in [0.05, 0.1) is 11.7 Å². The lowest BCUT2D eigenvalue weighted by molar-refractivity contribution is 0.305. The first-order chi connectivity index (χ1) is 4.74. The predicted octanol–water partition coefficient (Wildman–Crippen LogP) is 2.27. The van der Waals surface area contributed by atoms with Gasteiger partial charge >= 0.3 is 0 Å². The smallest absolute Gasteiger partial charge is 0.0926 e. The van der Waals surface area contributed by atoms with Crippen molar-refractivity contribution in [3.8, 4) is 0 Å². The van der Waals surface area contributed by atoms with Gasteiger partial charge < -0.3 is 4.74 Å². The standard InChI is InChI=1S/C9H14O/c1-3-7-4-5-9(2)8(6-7)10-9/h3,8H,4-6H2,1-2H3. The monoisotopic (exact) mass is 138 g/mol. The van der Waals surface area contributed by atoms with Crippen LogP contribution in [0, 0.1) is 0 Å². The van der Waals surface area contributed by atoms with Gasteiger partial charge in [0.25, 0.3) is 0 Å². The molecule has 1 saturated heterocycles. The van der Waals surface area contributed by atoms with E-state index in [9.17, 15) is 0 Å². The number of fused-ring (bicyclic) bond motifs is 1. The molecular weight excluding hydrogens is 124 g/mol. The van der Waals surface area contributed by atoms with Crippen LogP contribution in [0.3, 0.4) is 0 Å². The Morgan fingerprint density at radius 3 is 3.10 bits per heavy atom. The molecule has 0 N–H and O–H groups in total. The van der Waals surface area contributed by atoms with Gasteiger partial charge in [-0.2, -0.15) is 0 Å². The van der Waals surface area contributed by atoms with Crippen LogP contribution in [0.4, 0.5) is 0 Å². The van der Waals surface area contributed by atoms with E-state index in [4.69, 9.17) is 4.74 Å². The van der Waals surface area contributed by atoms with Crippen LogP contribution in [0.5, 0.6) is 0 Å². The summed E-state index contributed by atoms with van der Waals surface area (Å²) in [6.07, 6.45) is 6.47. The van der Waals surface area contributed by atoms with Crippen molar-refractivity contribution in [2.24, 2.45) is 0 Å². The Labute approximate surface area is 62.1 Å². The molecule has 0 amide bonds. The van der Waals surface area contributed by atoms with Crippen LogP contribution in [-0.2, 0) is 4.74 Å². The molecule has 2 atom stereocenters. The lowest BCUT2D eigenvalue weighted by atomic mass is 9.87. The zero-order valence-electron chi connectivity index (χ0n) is 6.68. The second kappa shape index (κ2) is 1.85. The minimum absolute atomic E-state index is 0.284. The fourth-order valence-corrected chi connectivity index (χ4v) is 1.78. The van der Waals surface area contributed by atoms with Crippen molar-refractivity contribution in [2.45, 2.75) is 44.8 Å². The number of allylic oxidation sites excluding steroid dienone is 1. The van der Waals surface area contributed by atoms with Crippen LogP contribution in [0.25, 0.3) is 0 Å². The van der Waals surface area contributed by atoms with Gasteiger partial charge in [-0.3, -0.25) is 0 Å². The summed E-state index contributed by atoms with van der Waals surface area (Å²) in [5, 5.41) is 0. The van der Waals surface area contributed by atoms with Gasteiger partial charge in [0.1, 0.15) is 0 Å². The number of hydrogen-bond donors (Lipinski definition) is 0. The highest BCUT2D eigenvalue weighted by Gasteiger charge is 2.53. The van der Waals surface area contributed by atoms with E-state index in [1.165, 1.54) is 19.3 Å². The zero-order valence-corrected chi connectivity index (χ0v) is 6.68. The van der Waals surface area contributed by atoms with Crippen molar-refractivity contribution in [3.05, 3.63) is 11.6 Å². The molecule has 2 rings (SSSR count). The summed E-state index contributed by atoms with van der Waals surface area (Å²) in [6.45, 7) is 4.35. The Hall–Kier alpha value is -0.300. The van der Waals surface area contributed by atoms with Gasteiger partial charge in [-0.05, 0) is 33.1 Å². The SMILES string of the molecule is CC=C1CCC2(C)OC2C1. The Balaban J connectivity index is 2.05. The van der Waals surface area contributed by atoms with Gasteiger partial charge in [0, 0.05) is 0 Å². The van der Waals surface area contributed by atoms with Gasteiger partial charge in [-0.15, -0.1) is 0 Å². The fraction of sp³-hybridized carbons (Fsp3) is 0.778. The minimum atomic E-state index is 0.284. The number of epoxide rings is 1. The summed E-state index contributed by atoms with van der Waals surface area (Å²) < 4.78 is 5.56. The normalized spacial score (nSPS) is 49.0. The second-order valence-electron chi connectivity index (χ2n) is 3.57. The number of ether oxygens (including phenoxy) is 1. The molecule has 10 heavy (non-hydrogen) atoms. The van der Waals surface area contributed by atoms with E-state index in [1.807, 2.05) is 0 Å². The molecule has 0 aromatic heterocycles. The van der Waals surface area contributed by atoms with Crippen molar-refractivity contribution >= 4 is 0 Å². The van der Waals surface area contributed by atoms with Gasteiger partial charge in [0.15, 0.2) is 0 Å². The summed E-state index contributed by atoms with van der Waals surface area (Å²) in [5.41, 5.74) is 1.87. The fourth-order valence-electron chi connectivity index (χ4n) is 1.78. The second-order valence-corrected chi connectivity index (χ2v) is 3.57. The average molecular weight is 138 g/mol. The molecule has 0 spiro atoms. The van der Waals surface area contributed by atoms with E-state index < -0.39 is 0 Å². The number of hydrogen-bond acceptors (Lipinski definition) is 1. The van der Waals surface area contributed by atoms with Crippen molar-refractivity contribution in [1.82, 2.24) is 0 Å². The minimum Gasteiger partial charge on any atom is -0.366 e. The molecule has 1 saturated carbocycles. The van der Waals surface area contributed by atoms with Crippen LogP contribution >= 0.6 is 0 Å². The van der Waals surface area contributed by atoms with Crippen LogP contribution in [-0.4, -0.2) is 11.7 Å². The maximum atomic E-state index is 5.56. The van der Waals surface area contributed by atoms with Gasteiger partial charge in [0.2, 0.25) is 0 Å². The molecule has 0 aromatic carbocycles. The molecular formula is C9H14O. The van der Waals surface area contributed by atoms with Crippen molar-refractivity contribution in [1.29, 1.82) is 0 Å². The Bertz CT molecular complexity index is 183. The first-order valence-corrected chi connectivity index (χ1v) is 4.06. The molecule has 0 radical (unpaired) electrons. The van der Waals surface area contributed by atoms with Crippen LogP contribution in [0.15, 0.2) is 11.6 Å². The van der Waals surface area contributed by atoms with Gasteiger partial charge in [-0.1, -0.05) is 11.6 Å². The number of rotatable bonds is 0. The molecule has 2 unspecified atom stereocenters. The first kappa shape index (κ1) is 6.41. The van der Waals surface area contributed by atoms with Gasteiger partial charge in [-0.25, -0.2) is 0 Å². The van der Waals surface area contributed by atoms with Crippen LogP contribution < -0.4 is 0 Å². The maximum Gasteiger partial charge on any atom is 0.0926 e. The Morgan fingerprint density at radius 1 is 1.70 bits per heavy atom. The lowest BCUT2D eigenvalue weighted by Gasteiger charge is -2.14. The summed E-state index contributed by atoms with van der Waals surface area (Å²) in [4.78, 5) is 0. The van der Waals surface area contributed by atoms with E-state index in [1.54, 1.807) is 5.57 Å². The van der Waals surface area contributed by atoms with E-state index in [0.29, 0.717) is 6.10 Å². The third kappa shape index (κ3) is 0.807. The van der Waals surface area contributed by atoms with Crippen LogP contribution in [0.1, 0.15) is 33.1 Å². The molecule has 1 heterocycles. The Kier molecular flexibility index (Phi) is 1.19. The molecule has 2 fully saturated rings. The lowest BCUT2D eigenvalue weighted by Crippen LogP contribution is -2.15. The summed E-state index contributed by atoms with van der Waals surface area (Å²) >= 11 is 0. The van der Waals surface area contributed by atoms with E-state index in [0.717, 1.165) is 0 Å². The van der Waals surface area contributed by atoms with E-state index in [-0.39, 0.29) is 5.60 Å². The quantitative estimate of drug-likeness (QED) is 0.369. The molecule has 1 aliphatic heterocycles. The third-order valence-corrected chi connectivity index (χ3v) is 2.83. The van der Waals surface area contributed by atoms with E-state index in [2.05, 4.69) is 19.9 Å².